The highest BCUT2D eigenvalue weighted by Crippen LogP contribution is 2.21. The van der Waals surface area contributed by atoms with Gasteiger partial charge in [-0.2, -0.15) is 0 Å². The summed E-state index contributed by atoms with van der Waals surface area (Å²) in [6, 6.07) is 0. The Morgan fingerprint density at radius 3 is 3.05 bits per heavy atom. The van der Waals surface area contributed by atoms with Crippen LogP contribution in [0.5, 0.6) is 0 Å². The highest BCUT2D eigenvalue weighted by Gasteiger charge is 2.14. The van der Waals surface area contributed by atoms with Gasteiger partial charge in [0.1, 0.15) is 5.82 Å². The molecule has 0 unspecified atom stereocenters. The van der Waals surface area contributed by atoms with Crippen LogP contribution in [0.3, 0.4) is 0 Å². The number of rotatable bonds is 10. The number of thioether (sulfide) groups is 1. The Balaban J connectivity index is 1.56. The maximum atomic E-state index is 5.32. The summed E-state index contributed by atoms with van der Waals surface area (Å²) in [5, 5.41) is 13.3. The van der Waals surface area contributed by atoms with Crippen LogP contribution < -0.4 is 5.32 Å². The second kappa shape index (κ2) is 10.2. The van der Waals surface area contributed by atoms with Gasteiger partial charge in [0.05, 0.1) is 0 Å². The Hall–Kier alpha value is -0.590. The van der Waals surface area contributed by atoms with E-state index >= 15 is 0 Å². The zero-order valence-corrected chi connectivity index (χ0v) is 14.0. The summed E-state index contributed by atoms with van der Waals surface area (Å²) < 4.78 is 7.64. The number of hydrogen-bond donors (Lipinski definition) is 1. The molecule has 1 aliphatic heterocycles. The van der Waals surface area contributed by atoms with Crippen molar-refractivity contribution in [2.24, 2.45) is 0 Å². The quantitative estimate of drug-likeness (QED) is 0.531. The zero-order chi connectivity index (χ0) is 14.8. The van der Waals surface area contributed by atoms with Crippen molar-refractivity contribution in [3.8, 4) is 0 Å². The molecular formula is C15H28N4OS. The molecule has 2 heterocycles. The Morgan fingerprint density at radius 2 is 2.14 bits per heavy atom. The molecule has 6 heteroatoms. The minimum atomic E-state index is 0.826. The lowest BCUT2D eigenvalue weighted by Gasteiger charge is -2.07. The average Bonchev–Trinajstić information content (AvgIpc) is 2.73. The third-order valence-electron chi connectivity index (χ3n) is 3.68. The predicted octanol–water partition coefficient (Wildman–Crippen LogP) is 2.50. The predicted molar refractivity (Wildman–Crippen MR) is 86.9 cm³/mol. The number of nitrogens with one attached hydrogen (secondary N) is 1. The first-order chi connectivity index (χ1) is 10.4. The van der Waals surface area contributed by atoms with E-state index in [-0.39, 0.29) is 0 Å². The highest BCUT2D eigenvalue weighted by atomic mass is 32.2. The van der Waals surface area contributed by atoms with Crippen molar-refractivity contribution in [1.29, 1.82) is 0 Å². The third-order valence-corrected chi connectivity index (χ3v) is 4.65. The molecule has 21 heavy (non-hydrogen) atoms. The molecule has 0 saturated carbocycles. The molecule has 0 fully saturated rings. The Bertz CT molecular complexity index is 397. The molecule has 0 radical (unpaired) electrons. The standard InChI is InChI=1S/C15H28N4OS/c1-2-20-12-7-5-9-16-10-13-21-15-18-17-14-8-4-3-6-11-19(14)15/h16H,2-13H2,1H3. The normalized spacial score (nSPS) is 14.9. The van der Waals surface area contributed by atoms with Crippen molar-refractivity contribution < 1.29 is 4.74 Å². The molecule has 0 aliphatic carbocycles. The van der Waals surface area contributed by atoms with E-state index in [1.165, 1.54) is 31.5 Å². The van der Waals surface area contributed by atoms with E-state index in [4.69, 9.17) is 4.74 Å². The van der Waals surface area contributed by atoms with Crippen LogP contribution in [0.2, 0.25) is 0 Å². The number of fused-ring (bicyclic) bond motifs is 1. The Labute approximate surface area is 132 Å². The SMILES string of the molecule is CCOCCCCNCCSc1nnc2n1CCCCC2. The number of unbranched alkanes of at least 4 members (excludes halogenated alkanes) is 1. The molecule has 0 saturated heterocycles. The summed E-state index contributed by atoms with van der Waals surface area (Å²) >= 11 is 1.83. The van der Waals surface area contributed by atoms with Crippen molar-refractivity contribution >= 4 is 11.8 Å². The van der Waals surface area contributed by atoms with Gasteiger partial charge < -0.3 is 14.6 Å². The first kappa shape index (κ1) is 16.8. The Kier molecular flexibility index (Phi) is 8.14. The molecular weight excluding hydrogens is 284 g/mol. The number of nitrogens with zero attached hydrogens (tertiary/aromatic N) is 3. The fraction of sp³-hybridized carbons (Fsp3) is 0.867. The molecule has 1 N–H and O–H groups in total. The van der Waals surface area contributed by atoms with Gasteiger partial charge in [-0.05, 0) is 39.2 Å². The van der Waals surface area contributed by atoms with Gasteiger partial charge in [0.15, 0.2) is 5.16 Å². The lowest BCUT2D eigenvalue weighted by atomic mass is 10.2. The summed E-state index contributed by atoms with van der Waals surface area (Å²) in [6.45, 7) is 6.95. The zero-order valence-electron chi connectivity index (χ0n) is 13.1. The summed E-state index contributed by atoms with van der Waals surface area (Å²) in [6.07, 6.45) is 7.25. The van der Waals surface area contributed by atoms with Gasteiger partial charge in [0.2, 0.25) is 0 Å². The minimum absolute atomic E-state index is 0.826. The van der Waals surface area contributed by atoms with E-state index in [1.54, 1.807) is 0 Å². The van der Waals surface area contributed by atoms with Gasteiger partial charge >= 0.3 is 0 Å². The Morgan fingerprint density at radius 1 is 1.19 bits per heavy atom. The van der Waals surface area contributed by atoms with Gasteiger partial charge in [0.25, 0.3) is 0 Å². The molecule has 1 aliphatic rings. The number of ether oxygens (including phenoxy) is 1. The van der Waals surface area contributed by atoms with E-state index in [0.29, 0.717) is 0 Å². The molecule has 0 amide bonds. The first-order valence-electron chi connectivity index (χ1n) is 8.25. The van der Waals surface area contributed by atoms with E-state index in [1.807, 2.05) is 18.7 Å². The van der Waals surface area contributed by atoms with Crippen molar-refractivity contribution in [2.75, 3.05) is 32.1 Å². The molecule has 120 valence electrons. The molecule has 2 rings (SSSR count). The molecule has 5 nitrogen and oxygen atoms in total. The van der Waals surface area contributed by atoms with Crippen LogP contribution in [0.1, 0.15) is 44.9 Å². The van der Waals surface area contributed by atoms with Crippen LogP contribution in [0, 0.1) is 0 Å². The topological polar surface area (TPSA) is 52.0 Å². The van der Waals surface area contributed by atoms with Crippen LogP contribution in [0.4, 0.5) is 0 Å². The van der Waals surface area contributed by atoms with E-state index < -0.39 is 0 Å². The minimum Gasteiger partial charge on any atom is -0.382 e. The van der Waals surface area contributed by atoms with Crippen LogP contribution in [-0.4, -0.2) is 46.8 Å². The van der Waals surface area contributed by atoms with Crippen molar-refractivity contribution in [1.82, 2.24) is 20.1 Å². The number of aryl methyl sites for hydroxylation is 1. The van der Waals surface area contributed by atoms with E-state index in [0.717, 1.165) is 56.6 Å². The second-order valence-electron chi connectivity index (χ2n) is 5.36. The fourth-order valence-electron chi connectivity index (χ4n) is 2.50. The smallest absolute Gasteiger partial charge is 0.191 e. The monoisotopic (exact) mass is 312 g/mol. The molecule has 1 aromatic heterocycles. The molecule has 1 aromatic rings. The first-order valence-corrected chi connectivity index (χ1v) is 9.23. The van der Waals surface area contributed by atoms with Crippen molar-refractivity contribution in [2.45, 2.75) is 57.1 Å². The molecule has 0 atom stereocenters. The molecule has 0 aromatic carbocycles. The summed E-state index contributed by atoms with van der Waals surface area (Å²) in [4.78, 5) is 0. The van der Waals surface area contributed by atoms with E-state index in [2.05, 4.69) is 20.1 Å². The third kappa shape index (κ3) is 5.96. The number of hydrogen-bond acceptors (Lipinski definition) is 5. The lowest BCUT2D eigenvalue weighted by molar-refractivity contribution is 0.143. The van der Waals surface area contributed by atoms with Crippen LogP contribution in [0.25, 0.3) is 0 Å². The van der Waals surface area contributed by atoms with Crippen molar-refractivity contribution in [3.05, 3.63) is 5.82 Å². The van der Waals surface area contributed by atoms with Crippen LogP contribution in [0.15, 0.2) is 5.16 Å². The van der Waals surface area contributed by atoms with Gasteiger partial charge in [0, 0.05) is 38.5 Å². The van der Waals surface area contributed by atoms with Crippen LogP contribution >= 0.6 is 11.8 Å². The highest BCUT2D eigenvalue weighted by molar-refractivity contribution is 7.99. The largest absolute Gasteiger partial charge is 0.382 e. The second-order valence-corrected chi connectivity index (χ2v) is 6.43. The summed E-state index contributed by atoms with van der Waals surface area (Å²) in [5.41, 5.74) is 0. The van der Waals surface area contributed by atoms with E-state index in [9.17, 15) is 0 Å². The van der Waals surface area contributed by atoms with Gasteiger partial charge in [-0.25, -0.2) is 0 Å². The van der Waals surface area contributed by atoms with Gasteiger partial charge in [-0.1, -0.05) is 18.2 Å². The average molecular weight is 312 g/mol. The van der Waals surface area contributed by atoms with Gasteiger partial charge in [-0.15, -0.1) is 10.2 Å². The van der Waals surface area contributed by atoms with Crippen LogP contribution in [-0.2, 0) is 17.7 Å². The summed E-state index contributed by atoms with van der Waals surface area (Å²) in [7, 11) is 0. The van der Waals surface area contributed by atoms with Crippen molar-refractivity contribution in [3.63, 3.8) is 0 Å². The fourth-order valence-corrected chi connectivity index (χ4v) is 3.38. The summed E-state index contributed by atoms with van der Waals surface area (Å²) in [5.74, 6) is 2.24. The maximum Gasteiger partial charge on any atom is 0.191 e. The maximum absolute atomic E-state index is 5.32. The van der Waals surface area contributed by atoms with Gasteiger partial charge in [-0.3, -0.25) is 0 Å². The molecule has 0 bridgehead atoms. The molecule has 0 spiro atoms. The lowest BCUT2D eigenvalue weighted by Crippen LogP contribution is -2.19. The number of aromatic nitrogens is 3.